The Morgan fingerprint density at radius 2 is 2.30 bits per heavy atom. The number of rotatable bonds is 4. The van der Waals surface area contributed by atoms with E-state index in [1.807, 2.05) is 6.07 Å². The number of nitrogen functional groups attached to an aromatic ring is 1. The topological polar surface area (TPSA) is 90.9 Å². The van der Waals surface area contributed by atoms with E-state index in [0.717, 1.165) is 11.8 Å². The molecule has 0 aliphatic heterocycles. The van der Waals surface area contributed by atoms with Crippen LogP contribution in [0.1, 0.15) is 11.1 Å². The molecule has 3 N–H and O–H groups in total. The molecule has 2 rings (SSSR count). The van der Waals surface area contributed by atoms with Crippen molar-refractivity contribution in [2.24, 2.45) is 5.84 Å². The molecule has 0 radical (unpaired) electrons. The maximum Gasteiger partial charge on any atom is 0.239 e. The van der Waals surface area contributed by atoms with Crippen LogP contribution in [0.2, 0.25) is 0 Å². The van der Waals surface area contributed by atoms with Gasteiger partial charge in [-0.15, -0.1) is 0 Å². The Morgan fingerprint density at radius 3 is 3.00 bits per heavy atom. The minimum absolute atomic E-state index is 0.135. The number of nitrogens with one attached hydrogen (secondary N) is 1. The Kier molecular flexibility index (Phi) is 4.08. The summed E-state index contributed by atoms with van der Waals surface area (Å²) in [5, 5.41) is 8.86. The molecule has 2 aromatic rings. The van der Waals surface area contributed by atoms with Gasteiger partial charge in [-0.1, -0.05) is 12.1 Å². The number of nitrogens with zero attached hydrogens (tertiary/aromatic N) is 4. The van der Waals surface area contributed by atoms with Crippen molar-refractivity contribution in [1.29, 1.82) is 5.26 Å². The van der Waals surface area contributed by atoms with Gasteiger partial charge >= 0.3 is 0 Å². The van der Waals surface area contributed by atoms with Crippen LogP contribution < -0.4 is 16.2 Å². The predicted octanol–water partition coefficient (Wildman–Crippen LogP) is 1.41. The number of nitriles is 1. The Bertz CT molecular complexity index is 652. The molecule has 0 bridgehead atoms. The molecule has 0 saturated carbocycles. The Labute approximate surface area is 115 Å². The summed E-state index contributed by atoms with van der Waals surface area (Å²) in [5.74, 6) is 4.94. The quantitative estimate of drug-likeness (QED) is 0.646. The molecule has 1 aromatic heterocycles. The first kappa shape index (κ1) is 13.7. The smallest absolute Gasteiger partial charge is 0.239 e. The molecular weight excluding hydrogens is 259 g/mol. The zero-order valence-electron chi connectivity index (χ0n) is 10.8. The van der Waals surface area contributed by atoms with Crippen molar-refractivity contribution in [2.45, 2.75) is 6.54 Å². The van der Waals surface area contributed by atoms with Gasteiger partial charge in [0, 0.05) is 13.6 Å². The molecule has 102 valence electrons. The standard InChI is InChI=1S/C13H13FN6/c1-20(8-10-4-2-3-9(5-10)6-15)12-11(14)7-17-13(18-12)19-16/h2-5,7H,8,16H2,1H3,(H,17,18,19). The molecule has 0 spiro atoms. The van der Waals surface area contributed by atoms with Crippen LogP contribution in [-0.4, -0.2) is 17.0 Å². The van der Waals surface area contributed by atoms with E-state index in [9.17, 15) is 4.39 Å². The van der Waals surface area contributed by atoms with Crippen molar-refractivity contribution in [2.75, 3.05) is 17.4 Å². The van der Waals surface area contributed by atoms with E-state index in [-0.39, 0.29) is 11.8 Å². The summed E-state index contributed by atoms with van der Waals surface area (Å²) in [6.07, 6.45) is 1.06. The highest BCUT2D eigenvalue weighted by molar-refractivity contribution is 5.44. The van der Waals surface area contributed by atoms with Crippen LogP contribution in [0.3, 0.4) is 0 Å². The molecular formula is C13H13FN6. The third-order valence-electron chi connectivity index (χ3n) is 2.69. The van der Waals surface area contributed by atoms with Gasteiger partial charge in [-0.05, 0) is 17.7 Å². The summed E-state index contributed by atoms with van der Waals surface area (Å²) in [5.41, 5.74) is 3.71. The highest BCUT2D eigenvalue weighted by atomic mass is 19.1. The second-order valence-electron chi connectivity index (χ2n) is 4.18. The Balaban J connectivity index is 2.23. The maximum atomic E-state index is 13.7. The van der Waals surface area contributed by atoms with Crippen LogP contribution in [-0.2, 0) is 6.54 Å². The van der Waals surface area contributed by atoms with E-state index < -0.39 is 5.82 Å². The number of aromatic nitrogens is 2. The molecule has 0 saturated heterocycles. The zero-order chi connectivity index (χ0) is 14.5. The lowest BCUT2D eigenvalue weighted by molar-refractivity contribution is 0.607. The minimum Gasteiger partial charge on any atom is -0.353 e. The third kappa shape index (κ3) is 2.99. The van der Waals surface area contributed by atoms with Gasteiger partial charge in [-0.3, -0.25) is 5.43 Å². The second-order valence-corrected chi connectivity index (χ2v) is 4.18. The monoisotopic (exact) mass is 272 g/mol. The van der Waals surface area contributed by atoms with Crippen LogP contribution in [0.25, 0.3) is 0 Å². The first-order valence-electron chi connectivity index (χ1n) is 5.83. The first-order valence-corrected chi connectivity index (χ1v) is 5.83. The van der Waals surface area contributed by atoms with E-state index in [1.54, 1.807) is 30.1 Å². The van der Waals surface area contributed by atoms with Crippen LogP contribution in [0.15, 0.2) is 30.5 Å². The number of hydrogen-bond donors (Lipinski definition) is 2. The Morgan fingerprint density at radius 1 is 1.50 bits per heavy atom. The molecule has 0 atom stereocenters. The fraction of sp³-hybridized carbons (Fsp3) is 0.154. The van der Waals surface area contributed by atoms with Crippen LogP contribution in [0.4, 0.5) is 16.2 Å². The van der Waals surface area contributed by atoms with Gasteiger partial charge in [-0.2, -0.15) is 10.2 Å². The molecule has 7 heteroatoms. The van der Waals surface area contributed by atoms with Gasteiger partial charge in [-0.25, -0.2) is 15.2 Å². The molecule has 0 aliphatic rings. The third-order valence-corrected chi connectivity index (χ3v) is 2.69. The largest absolute Gasteiger partial charge is 0.353 e. The highest BCUT2D eigenvalue weighted by Gasteiger charge is 2.12. The fourth-order valence-electron chi connectivity index (χ4n) is 1.78. The molecule has 0 fully saturated rings. The summed E-state index contributed by atoms with van der Waals surface area (Å²) in [6.45, 7) is 0.410. The molecule has 0 aliphatic carbocycles. The number of halogens is 1. The van der Waals surface area contributed by atoms with Crippen molar-refractivity contribution in [1.82, 2.24) is 9.97 Å². The van der Waals surface area contributed by atoms with Crippen molar-refractivity contribution < 1.29 is 4.39 Å². The predicted molar refractivity (Wildman–Crippen MR) is 73.1 cm³/mol. The fourth-order valence-corrected chi connectivity index (χ4v) is 1.78. The first-order chi connectivity index (χ1) is 9.63. The van der Waals surface area contributed by atoms with Gasteiger partial charge in [0.25, 0.3) is 0 Å². The molecule has 6 nitrogen and oxygen atoms in total. The second kappa shape index (κ2) is 5.95. The van der Waals surface area contributed by atoms with Gasteiger partial charge in [0.2, 0.25) is 5.95 Å². The summed E-state index contributed by atoms with van der Waals surface area (Å²) in [6, 6.07) is 9.17. The maximum absolute atomic E-state index is 13.7. The average Bonchev–Trinajstić information content (AvgIpc) is 2.47. The zero-order valence-corrected chi connectivity index (χ0v) is 10.8. The number of benzene rings is 1. The lowest BCUT2D eigenvalue weighted by Gasteiger charge is -2.19. The lowest BCUT2D eigenvalue weighted by Crippen LogP contribution is -2.21. The average molecular weight is 272 g/mol. The van der Waals surface area contributed by atoms with E-state index in [2.05, 4.69) is 21.5 Å². The summed E-state index contributed by atoms with van der Waals surface area (Å²) >= 11 is 0. The summed E-state index contributed by atoms with van der Waals surface area (Å²) in [4.78, 5) is 9.27. The number of nitrogens with two attached hydrogens (primary N) is 1. The number of hydrazine groups is 1. The van der Waals surface area contributed by atoms with E-state index in [1.165, 1.54) is 0 Å². The van der Waals surface area contributed by atoms with Gasteiger partial charge in [0.05, 0.1) is 17.8 Å². The molecule has 0 amide bonds. The van der Waals surface area contributed by atoms with Gasteiger partial charge in [0.15, 0.2) is 11.6 Å². The molecule has 20 heavy (non-hydrogen) atoms. The SMILES string of the molecule is CN(Cc1cccc(C#N)c1)c1nc(NN)ncc1F. The van der Waals surface area contributed by atoms with E-state index in [4.69, 9.17) is 11.1 Å². The van der Waals surface area contributed by atoms with Crippen LogP contribution >= 0.6 is 0 Å². The molecule has 1 aromatic carbocycles. The van der Waals surface area contributed by atoms with Crippen molar-refractivity contribution >= 4 is 11.8 Å². The van der Waals surface area contributed by atoms with E-state index >= 15 is 0 Å². The number of anilines is 2. The van der Waals surface area contributed by atoms with Gasteiger partial charge in [0.1, 0.15) is 0 Å². The Hall–Kier alpha value is -2.72. The summed E-state index contributed by atoms with van der Waals surface area (Å²) < 4.78 is 13.7. The van der Waals surface area contributed by atoms with Crippen molar-refractivity contribution in [3.8, 4) is 6.07 Å². The van der Waals surface area contributed by atoms with Crippen LogP contribution in [0, 0.1) is 17.1 Å². The van der Waals surface area contributed by atoms with Crippen molar-refractivity contribution in [3.05, 3.63) is 47.4 Å². The van der Waals surface area contributed by atoms with Gasteiger partial charge < -0.3 is 4.90 Å². The number of hydrogen-bond acceptors (Lipinski definition) is 6. The highest BCUT2D eigenvalue weighted by Crippen LogP contribution is 2.18. The van der Waals surface area contributed by atoms with Crippen molar-refractivity contribution in [3.63, 3.8) is 0 Å². The van der Waals surface area contributed by atoms with Crippen LogP contribution in [0.5, 0.6) is 0 Å². The normalized spacial score (nSPS) is 9.90. The molecule has 1 heterocycles. The van der Waals surface area contributed by atoms with E-state index in [0.29, 0.717) is 12.1 Å². The molecule has 0 unspecified atom stereocenters. The lowest BCUT2D eigenvalue weighted by atomic mass is 10.1. The summed E-state index contributed by atoms with van der Waals surface area (Å²) in [7, 11) is 1.70. The minimum atomic E-state index is -0.539.